The van der Waals surface area contributed by atoms with Crippen molar-refractivity contribution in [2.45, 2.75) is 40.2 Å². The molecule has 0 aliphatic carbocycles. The first-order valence-electron chi connectivity index (χ1n) is 8.41. The minimum absolute atomic E-state index is 0.0348. The summed E-state index contributed by atoms with van der Waals surface area (Å²) >= 11 is 0. The second-order valence-electron chi connectivity index (χ2n) is 6.11. The van der Waals surface area contributed by atoms with Crippen molar-refractivity contribution in [3.8, 4) is 5.75 Å². The van der Waals surface area contributed by atoms with E-state index in [2.05, 4.69) is 10.2 Å². The molecule has 0 radical (unpaired) electrons. The van der Waals surface area contributed by atoms with E-state index in [-0.39, 0.29) is 24.5 Å². The molecule has 1 N–H and O–H groups in total. The summed E-state index contributed by atoms with van der Waals surface area (Å²) in [6.07, 6.45) is 2.10. The summed E-state index contributed by atoms with van der Waals surface area (Å²) in [7, 11) is 1.74. The van der Waals surface area contributed by atoms with Gasteiger partial charge in [0.25, 0.3) is 0 Å². The molecule has 1 aromatic heterocycles. The molecule has 1 amide bonds. The lowest BCUT2D eigenvalue weighted by Gasteiger charge is -2.16. The van der Waals surface area contributed by atoms with Crippen LogP contribution in [0.2, 0.25) is 0 Å². The van der Waals surface area contributed by atoms with Gasteiger partial charge in [0.1, 0.15) is 5.75 Å². The highest BCUT2D eigenvalue weighted by Crippen LogP contribution is 2.20. The zero-order chi connectivity index (χ0) is 18.4. The Balaban J connectivity index is 1.89. The molecule has 2 rings (SSSR count). The zero-order valence-electron chi connectivity index (χ0n) is 15.3. The SMILES string of the molecule is CCOc1ccc(C(=O)CCC(=O)N(C)Cc2cn[nH]c2C)cc1C. The highest BCUT2D eigenvalue weighted by atomic mass is 16.5. The lowest BCUT2D eigenvalue weighted by Crippen LogP contribution is -2.26. The summed E-state index contributed by atoms with van der Waals surface area (Å²) in [4.78, 5) is 26.2. The van der Waals surface area contributed by atoms with E-state index < -0.39 is 0 Å². The Labute approximate surface area is 148 Å². The Morgan fingerprint density at radius 1 is 1.24 bits per heavy atom. The molecule has 6 heteroatoms. The number of aromatic amines is 1. The van der Waals surface area contributed by atoms with Crippen molar-refractivity contribution >= 4 is 11.7 Å². The van der Waals surface area contributed by atoms with Gasteiger partial charge < -0.3 is 9.64 Å². The Bertz CT molecular complexity index is 752. The molecule has 1 aromatic carbocycles. The molecular weight excluding hydrogens is 318 g/mol. The minimum Gasteiger partial charge on any atom is -0.494 e. The van der Waals surface area contributed by atoms with Gasteiger partial charge in [-0.3, -0.25) is 14.7 Å². The maximum absolute atomic E-state index is 12.3. The molecule has 134 valence electrons. The van der Waals surface area contributed by atoms with Crippen LogP contribution in [0.25, 0.3) is 0 Å². The molecule has 0 saturated heterocycles. The molecule has 0 saturated carbocycles. The van der Waals surface area contributed by atoms with Gasteiger partial charge in [-0.2, -0.15) is 5.10 Å². The second-order valence-corrected chi connectivity index (χ2v) is 6.11. The number of rotatable bonds is 8. The number of amides is 1. The van der Waals surface area contributed by atoms with Crippen LogP contribution in [0.4, 0.5) is 0 Å². The van der Waals surface area contributed by atoms with Gasteiger partial charge in [-0.1, -0.05) is 0 Å². The molecule has 0 fully saturated rings. The fourth-order valence-electron chi connectivity index (χ4n) is 2.57. The number of ether oxygens (including phenoxy) is 1. The van der Waals surface area contributed by atoms with Crippen LogP contribution in [-0.2, 0) is 11.3 Å². The highest BCUT2D eigenvalue weighted by Gasteiger charge is 2.15. The number of ketones is 1. The van der Waals surface area contributed by atoms with Gasteiger partial charge in [-0.05, 0) is 44.5 Å². The fraction of sp³-hybridized carbons (Fsp3) is 0.421. The lowest BCUT2D eigenvalue weighted by molar-refractivity contribution is -0.130. The van der Waals surface area contributed by atoms with Crippen molar-refractivity contribution in [2.75, 3.05) is 13.7 Å². The smallest absolute Gasteiger partial charge is 0.223 e. The average molecular weight is 343 g/mol. The first-order chi connectivity index (χ1) is 11.9. The van der Waals surface area contributed by atoms with Crippen molar-refractivity contribution in [1.82, 2.24) is 15.1 Å². The number of nitrogens with one attached hydrogen (secondary N) is 1. The second kappa shape index (κ2) is 8.46. The standard InChI is InChI=1S/C19H25N3O3/c1-5-25-18-8-6-15(10-13(18)2)17(23)7-9-19(24)22(4)12-16-11-20-21-14(16)3/h6,8,10-11H,5,7,9,12H2,1-4H3,(H,20,21). The number of aryl methyl sites for hydroxylation is 2. The quantitative estimate of drug-likeness (QED) is 0.748. The largest absolute Gasteiger partial charge is 0.494 e. The maximum Gasteiger partial charge on any atom is 0.223 e. The average Bonchev–Trinajstić information content (AvgIpc) is 2.99. The van der Waals surface area contributed by atoms with Crippen LogP contribution < -0.4 is 4.74 Å². The molecule has 0 spiro atoms. The molecule has 0 aliphatic rings. The Morgan fingerprint density at radius 2 is 2.00 bits per heavy atom. The Hall–Kier alpha value is -2.63. The molecule has 0 aliphatic heterocycles. The van der Waals surface area contributed by atoms with Gasteiger partial charge in [-0.25, -0.2) is 0 Å². The number of aromatic nitrogens is 2. The molecule has 0 atom stereocenters. The number of carbonyl (C=O) groups is 2. The minimum atomic E-state index is -0.0587. The van der Waals surface area contributed by atoms with Gasteiger partial charge in [0, 0.05) is 43.3 Å². The summed E-state index contributed by atoms with van der Waals surface area (Å²) in [5, 5.41) is 6.80. The highest BCUT2D eigenvalue weighted by molar-refractivity contribution is 5.98. The van der Waals surface area contributed by atoms with Crippen LogP contribution in [0, 0.1) is 13.8 Å². The first-order valence-corrected chi connectivity index (χ1v) is 8.41. The van der Waals surface area contributed by atoms with E-state index in [9.17, 15) is 9.59 Å². The van der Waals surface area contributed by atoms with Crippen molar-refractivity contribution in [3.05, 3.63) is 46.8 Å². The van der Waals surface area contributed by atoms with Crippen molar-refractivity contribution < 1.29 is 14.3 Å². The number of hydrogen-bond acceptors (Lipinski definition) is 4. The van der Waals surface area contributed by atoms with Crippen molar-refractivity contribution in [2.24, 2.45) is 0 Å². The molecule has 6 nitrogen and oxygen atoms in total. The summed E-state index contributed by atoms with van der Waals surface area (Å²) in [6.45, 7) is 6.82. The fourth-order valence-corrected chi connectivity index (χ4v) is 2.57. The van der Waals surface area contributed by atoms with Crippen LogP contribution in [-0.4, -0.2) is 40.4 Å². The number of Topliss-reactive ketones (excluding diaryl/α,β-unsaturated/α-hetero) is 1. The normalized spacial score (nSPS) is 10.6. The summed E-state index contributed by atoms with van der Waals surface area (Å²) in [6, 6.07) is 5.38. The van der Waals surface area contributed by atoms with Gasteiger partial charge in [0.15, 0.2) is 5.78 Å². The predicted molar refractivity (Wildman–Crippen MR) is 95.7 cm³/mol. The van der Waals surface area contributed by atoms with E-state index in [1.54, 1.807) is 24.2 Å². The van der Waals surface area contributed by atoms with E-state index >= 15 is 0 Å². The van der Waals surface area contributed by atoms with E-state index in [0.717, 1.165) is 22.6 Å². The van der Waals surface area contributed by atoms with Crippen LogP contribution >= 0.6 is 0 Å². The van der Waals surface area contributed by atoms with Crippen LogP contribution in [0.15, 0.2) is 24.4 Å². The zero-order valence-corrected chi connectivity index (χ0v) is 15.3. The molecule has 0 bridgehead atoms. The van der Waals surface area contributed by atoms with E-state index in [1.165, 1.54) is 0 Å². The third-order valence-corrected chi connectivity index (χ3v) is 4.13. The molecule has 25 heavy (non-hydrogen) atoms. The number of carbonyl (C=O) groups excluding carboxylic acids is 2. The number of nitrogens with zero attached hydrogens (tertiary/aromatic N) is 2. The topological polar surface area (TPSA) is 75.3 Å². The van der Waals surface area contributed by atoms with Crippen molar-refractivity contribution in [1.29, 1.82) is 0 Å². The number of hydrogen-bond donors (Lipinski definition) is 1. The van der Waals surface area contributed by atoms with Crippen LogP contribution in [0.1, 0.15) is 46.9 Å². The van der Waals surface area contributed by atoms with E-state index in [1.807, 2.05) is 32.9 Å². The number of H-pyrrole nitrogens is 1. The monoisotopic (exact) mass is 343 g/mol. The van der Waals surface area contributed by atoms with Gasteiger partial charge in [-0.15, -0.1) is 0 Å². The van der Waals surface area contributed by atoms with Crippen LogP contribution in [0.3, 0.4) is 0 Å². The summed E-state index contributed by atoms with van der Waals surface area (Å²) in [5.41, 5.74) is 3.46. The number of benzene rings is 1. The van der Waals surface area contributed by atoms with Crippen molar-refractivity contribution in [3.63, 3.8) is 0 Å². The maximum atomic E-state index is 12.3. The lowest BCUT2D eigenvalue weighted by atomic mass is 10.0. The Morgan fingerprint density at radius 3 is 2.60 bits per heavy atom. The molecule has 1 heterocycles. The van der Waals surface area contributed by atoms with Gasteiger partial charge in [0.2, 0.25) is 5.91 Å². The van der Waals surface area contributed by atoms with Crippen LogP contribution in [0.5, 0.6) is 5.75 Å². The molecule has 0 unspecified atom stereocenters. The predicted octanol–water partition coefficient (Wildman–Crippen LogP) is 3.05. The molecular formula is C19H25N3O3. The molecule has 2 aromatic rings. The van der Waals surface area contributed by atoms with Gasteiger partial charge in [0.05, 0.1) is 12.8 Å². The third-order valence-electron chi connectivity index (χ3n) is 4.13. The van der Waals surface area contributed by atoms with E-state index in [4.69, 9.17) is 4.74 Å². The summed E-state index contributed by atoms with van der Waals surface area (Å²) < 4.78 is 5.48. The van der Waals surface area contributed by atoms with E-state index in [0.29, 0.717) is 18.7 Å². The van der Waals surface area contributed by atoms with Gasteiger partial charge >= 0.3 is 0 Å². The Kier molecular flexibility index (Phi) is 6.33. The third kappa shape index (κ3) is 4.92. The summed E-state index contributed by atoms with van der Waals surface area (Å²) in [5.74, 6) is 0.689. The first kappa shape index (κ1) is 18.7.